The summed E-state index contributed by atoms with van der Waals surface area (Å²) in [5.41, 5.74) is -1.64. The van der Waals surface area contributed by atoms with Crippen molar-refractivity contribution >= 4 is 43.4 Å². The molecule has 0 aromatic heterocycles. The van der Waals surface area contributed by atoms with Crippen molar-refractivity contribution in [3.05, 3.63) is 0 Å². The maximum Gasteiger partial charge on any atom is 0.285 e. The van der Waals surface area contributed by atoms with Crippen LogP contribution in [0.2, 0.25) is 0 Å². The molecule has 2 N–H and O–H groups in total. The molecule has 2 aliphatic carbocycles. The van der Waals surface area contributed by atoms with E-state index in [1.807, 2.05) is 0 Å². The number of hydrogen-bond donors (Lipinski definition) is 2. The van der Waals surface area contributed by atoms with Crippen LogP contribution < -0.4 is 0 Å². The van der Waals surface area contributed by atoms with Crippen LogP contribution in [0.25, 0.3) is 0 Å². The Morgan fingerprint density at radius 1 is 0.613 bits per heavy atom. The normalized spacial score (nSPS) is 25.5. The van der Waals surface area contributed by atoms with E-state index in [0.29, 0.717) is 0 Å². The minimum atomic E-state index is -5.22. The van der Waals surface area contributed by atoms with Gasteiger partial charge in [-0.1, -0.05) is 27.7 Å². The Morgan fingerprint density at radius 2 is 0.839 bits per heavy atom. The Balaban J connectivity index is 2.43. The van der Waals surface area contributed by atoms with Crippen LogP contribution in [0.15, 0.2) is 0 Å². The van der Waals surface area contributed by atoms with Gasteiger partial charge in [0, 0.05) is 25.7 Å². The molecule has 0 aromatic rings. The van der Waals surface area contributed by atoms with Crippen molar-refractivity contribution < 1.29 is 45.1 Å². The lowest BCUT2D eigenvalue weighted by molar-refractivity contribution is -0.138. The van der Waals surface area contributed by atoms with Gasteiger partial charge in [0.05, 0.1) is 0 Å². The van der Waals surface area contributed by atoms with Gasteiger partial charge in [0.25, 0.3) is 20.2 Å². The third-order valence-corrected chi connectivity index (χ3v) is 9.38. The molecule has 10 nitrogen and oxygen atoms in total. The third kappa shape index (κ3) is 4.27. The van der Waals surface area contributed by atoms with Crippen molar-refractivity contribution in [1.29, 1.82) is 0 Å². The van der Waals surface area contributed by atoms with Gasteiger partial charge in [-0.15, -0.1) is 0 Å². The lowest BCUT2D eigenvalue weighted by Crippen LogP contribution is -2.60. The Labute approximate surface area is 181 Å². The molecule has 2 aliphatic rings. The number of carbonyl (C=O) groups excluding carboxylic acids is 4. The van der Waals surface area contributed by atoms with E-state index < -0.39 is 83.0 Å². The second kappa shape index (κ2) is 7.53. The first-order valence-electron chi connectivity index (χ1n) is 9.79. The molecule has 2 saturated carbocycles. The van der Waals surface area contributed by atoms with Gasteiger partial charge in [0.2, 0.25) is 9.49 Å². The van der Waals surface area contributed by atoms with Gasteiger partial charge in [-0.05, 0) is 30.1 Å². The predicted octanol–water partition coefficient (Wildman–Crippen LogP) is 1.33. The summed E-state index contributed by atoms with van der Waals surface area (Å²) in [5, 5.41) is 0. The summed E-state index contributed by atoms with van der Waals surface area (Å²) in [6.45, 7) is 6.35. The van der Waals surface area contributed by atoms with Gasteiger partial charge in [0.1, 0.15) is 0 Å². The van der Waals surface area contributed by atoms with Crippen molar-refractivity contribution in [2.24, 2.45) is 10.8 Å². The molecule has 0 amide bonds. The molecule has 0 heterocycles. The Kier molecular flexibility index (Phi) is 6.26. The van der Waals surface area contributed by atoms with E-state index in [2.05, 4.69) is 0 Å². The average molecular weight is 481 g/mol. The lowest BCUT2D eigenvalue weighted by atomic mass is 9.68. The highest BCUT2D eigenvalue weighted by Crippen LogP contribution is 2.45. The van der Waals surface area contributed by atoms with Crippen LogP contribution in [0.3, 0.4) is 0 Å². The van der Waals surface area contributed by atoms with E-state index >= 15 is 0 Å². The van der Waals surface area contributed by atoms with E-state index in [1.54, 1.807) is 27.7 Å². The fourth-order valence-corrected chi connectivity index (χ4v) is 6.97. The molecular weight excluding hydrogens is 452 g/mol. The number of Topliss-reactive ketones (excluding diaryl/α,β-unsaturated/α-hetero) is 4. The SMILES string of the molecule is CC1(C)CC(=O)C(CCCC2(S(=O)(=O)O)C(=O)CC(C)(C)CC2=O)(S(=O)(=O)O)C(=O)C1. The van der Waals surface area contributed by atoms with Crippen molar-refractivity contribution in [2.75, 3.05) is 0 Å². The molecule has 0 radical (unpaired) electrons. The lowest BCUT2D eigenvalue weighted by Gasteiger charge is -2.40. The highest BCUT2D eigenvalue weighted by atomic mass is 32.2. The number of ketones is 4. The zero-order chi connectivity index (χ0) is 24.3. The number of rotatable bonds is 6. The molecular formula is C19H28O10S2. The van der Waals surface area contributed by atoms with E-state index in [0.717, 1.165) is 0 Å². The van der Waals surface area contributed by atoms with E-state index in [4.69, 9.17) is 0 Å². The van der Waals surface area contributed by atoms with Crippen molar-refractivity contribution in [1.82, 2.24) is 0 Å². The first-order chi connectivity index (χ1) is 13.7. The maximum atomic E-state index is 12.7. The second-order valence-corrected chi connectivity index (χ2v) is 13.5. The average Bonchev–Trinajstić information content (AvgIpc) is 2.47. The summed E-state index contributed by atoms with van der Waals surface area (Å²) >= 11 is 0. The quantitative estimate of drug-likeness (QED) is 0.416. The molecule has 0 bridgehead atoms. The van der Waals surface area contributed by atoms with Gasteiger partial charge < -0.3 is 0 Å². The van der Waals surface area contributed by atoms with Crippen molar-refractivity contribution in [3.63, 3.8) is 0 Å². The maximum absolute atomic E-state index is 12.7. The summed E-state index contributed by atoms with van der Waals surface area (Å²) in [6, 6.07) is 0. The van der Waals surface area contributed by atoms with Crippen LogP contribution in [0, 0.1) is 10.8 Å². The summed E-state index contributed by atoms with van der Waals surface area (Å²) in [7, 11) is -10.4. The van der Waals surface area contributed by atoms with Crippen LogP contribution in [-0.2, 0) is 39.4 Å². The molecule has 0 unspecified atom stereocenters. The highest BCUT2D eigenvalue weighted by Gasteiger charge is 2.62. The second-order valence-electron chi connectivity index (χ2n) is 10.2. The first kappa shape index (κ1) is 25.8. The predicted molar refractivity (Wildman–Crippen MR) is 108 cm³/mol. The summed E-state index contributed by atoms with van der Waals surface area (Å²) in [5.74, 6) is -4.11. The molecule has 0 atom stereocenters. The minimum Gasteiger partial charge on any atom is -0.297 e. The molecule has 0 spiro atoms. The van der Waals surface area contributed by atoms with Crippen LogP contribution in [0.4, 0.5) is 0 Å². The van der Waals surface area contributed by atoms with Crippen LogP contribution in [0.5, 0.6) is 0 Å². The van der Waals surface area contributed by atoms with Crippen LogP contribution in [0.1, 0.15) is 72.6 Å². The zero-order valence-electron chi connectivity index (χ0n) is 17.9. The standard InChI is InChI=1S/C19H28O10S2/c1-16(2)8-12(20)18(13(21)9-16,30(24,25)26)6-5-7-19(31(27,28)29)14(22)10-17(3,4)11-15(19)23/h5-11H2,1-4H3,(H,24,25,26)(H,27,28,29). The number of carbonyl (C=O) groups is 4. The fourth-order valence-electron chi connectivity index (χ4n) is 4.72. The van der Waals surface area contributed by atoms with Crippen LogP contribution in [-0.4, -0.2) is 58.6 Å². The third-order valence-electron chi connectivity index (χ3n) is 6.30. The van der Waals surface area contributed by atoms with Crippen molar-refractivity contribution in [3.8, 4) is 0 Å². The minimum absolute atomic E-state index is 0.311. The molecule has 2 rings (SSSR count). The van der Waals surface area contributed by atoms with E-state index in [1.165, 1.54) is 0 Å². The Bertz CT molecular complexity index is 923. The van der Waals surface area contributed by atoms with Gasteiger partial charge in [-0.25, -0.2) is 0 Å². The van der Waals surface area contributed by atoms with Crippen LogP contribution >= 0.6 is 0 Å². The molecule has 0 saturated heterocycles. The fraction of sp³-hybridized carbons (Fsp3) is 0.789. The molecule has 0 aliphatic heterocycles. The molecule has 2 fully saturated rings. The summed E-state index contributed by atoms with van der Waals surface area (Å²) in [4.78, 5) is 50.8. The first-order valence-corrected chi connectivity index (χ1v) is 12.7. The van der Waals surface area contributed by atoms with Crippen molar-refractivity contribution in [2.45, 2.75) is 82.1 Å². The van der Waals surface area contributed by atoms with Gasteiger partial charge in [-0.2, -0.15) is 16.8 Å². The molecule has 0 aromatic carbocycles. The zero-order valence-corrected chi connectivity index (χ0v) is 19.6. The Morgan fingerprint density at radius 3 is 1.03 bits per heavy atom. The summed E-state index contributed by atoms with van der Waals surface area (Å²) in [6.07, 6.45) is -3.42. The topological polar surface area (TPSA) is 177 Å². The smallest absolute Gasteiger partial charge is 0.285 e. The van der Waals surface area contributed by atoms with E-state index in [9.17, 15) is 45.1 Å². The van der Waals surface area contributed by atoms with Gasteiger partial charge >= 0.3 is 0 Å². The van der Waals surface area contributed by atoms with Gasteiger partial charge in [-0.3, -0.25) is 28.3 Å². The summed E-state index contributed by atoms with van der Waals surface area (Å²) < 4.78 is 62.5. The Hall–Kier alpha value is -1.50. The molecule has 176 valence electrons. The van der Waals surface area contributed by atoms with E-state index in [-0.39, 0.29) is 25.7 Å². The largest absolute Gasteiger partial charge is 0.297 e. The molecule has 31 heavy (non-hydrogen) atoms. The monoisotopic (exact) mass is 480 g/mol. The highest BCUT2D eigenvalue weighted by molar-refractivity contribution is 7.89. The number of hydrogen-bond acceptors (Lipinski definition) is 8. The molecule has 12 heteroatoms. The van der Waals surface area contributed by atoms with Gasteiger partial charge in [0.15, 0.2) is 23.1 Å².